The van der Waals surface area contributed by atoms with E-state index in [-0.39, 0.29) is 5.04 Å². The molecule has 24 heavy (non-hydrogen) atoms. The Balaban J connectivity index is 1.53. The number of benzene rings is 1. The van der Waals surface area contributed by atoms with Gasteiger partial charge in [-0.2, -0.15) is 0 Å². The molecule has 0 saturated heterocycles. The van der Waals surface area contributed by atoms with Crippen LogP contribution in [0.5, 0.6) is 0 Å². The summed E-state index contributed by atoms with van der Waals surface area (Å²) in [6.45, 7) is 13.5. The van der Waals surface area contributed by atoms with Gasteiger partial charge in [0.15, 0.2) is 8.32 Å². The lowest BCUT2D eigenvalue weighted by molar-refractivity contribution is 0.176. The van der Waals surface area contributed by atoms with E-state index in [1.807, 2.05) is 11.3 Å². The fourth-order valence-electron chi connectivity index (χ4n) is 3.81. The lowest BCUT2D eigenvalue weighted by Crippen LogP contribution is -2.42. The Labute approximate surface area is 150 Å². The van der Waals surface area contributed by atoms with Gasteiger partial charge >= 0.3 is 0 Å². The molecule has 0 aliphatic carbocycles. The molecule has 2 aliphatic rings. The predicted octanol–water partition coefficient (Wildman–Crippen LogP) is 5.58. The smallest absolute Gasteiger partial charge is 0.192 e. The number of fused-ring (bicyclic) bond motifs is 8. The van der Waals surface area contributed by atoms with E-state index < -0.39 is 8.32 Å². The molecule has 2 aromatic rings. The van der Waals surface area contributed by atoms with Crippen molar-refractivity contribution in [3.63, 3.8) is 0 Å². The third-order valence-corrected chi connectivity index (χ3v) is 11.7. The zero-order valence-corrected chi connectivity index (χ0v) is 17.1. The highest BCUT2D eigenvalue weighted by Crippen LogP contribution is 2.57. The molecule has 0 fully saturated rings. The fraction of sp³-hybridized carbons (Fsp3) is 0.500. The van der Waals surface area contributed by atoms with Crippen molar-refractivity contribution in [2.45, 2.75) is 51.0 Å². The van der Waals surface area contributed by atoms with Crippen molar-refractivity contribution in [1.82, 2.24) is 4.90 Å². The molecule has 2 bridgehead atoms. The quantitative estimate of drug-likeness (QED) is 0.663. The molecule has 4 rings (SSSR count). The molecule has 2 unspecified atom stereocenters. The minimum Gasteiger partial charge on any atom is -0.416 e. The van der Waals surface area contributed by atoms with Gasteiger partial charge in [0.2, 0.25) is 0 Å². The summed E-state index contributed by atoms with van der Waals surface area (Å²) in [6, 6.07) is 12.2. The van der Waals surface area contributed by atoms with Crippen LogP contribution in [0.2, 0.25) is 18.1 Å². The third kappa shape index (κ3) is 2.35. The normalized spacial score (nSPS) is 22.7. The highest BCUT2D eigenvalue weighted by molar-refractivity contribution is 7.10. The predicted molar refractivity (Wildman–Crippen MR) is 104 cm³/mol. The molecule has 2 atom stereocenters. The van der Waals surface area contributed by atoms with Gasteiger partial charge in [0.1, 0.15) is 0 Å². The Morgan fingerprint density at radius 1 is 1.04 bits per heavy atom. The first-order valence-electron chi connectivity index (χ1n) is 8.87. The van der Waals surface area contributed by atoms with Crippen molar-refractivity contribution in [3.05, 3.63) is 57.3 Å². The van der Waals surface area contributed by atoms with Crippen molar-refractivity contribution < 1.29 is 4.43 Å². The molecule has 128 valence electrons. The summed E-state index contributed by atoms with van der Waals surface area (Å²) in [5, 5.41) is 2.53. The van der Waals surface area contributed by atoms with Crippen LogP contribution < -0.4 is 0 Å². The maximum absolute atomic E-state index is 6.46. The van der Waals surface area contributed by atoms with E-state index >= 15 is 0 Å². The van der Waals surface area contributed by atoms with Gasteiger partial charge in [0, 0.05) is 18.0 Å². The van der Waals surface area contributed by atoms with Crippen LogP contribution in [-0.2, 0) is 4.43 Å². The standard InChI is InChI=1S/C20H27NOSSi/c1-20(2,3)24(4,5)22-12-11-21-17-14-8-6-7-9-15(14)18(21)19-16(17)10-13-23-19/h6-10,13,17-18H,11-12H2,1-5H3. The van der Waals surface area contributed by atoms with Gasteiger partial charge in [0.25, 0.3) is 0 Å². The maximum Gasteiger partial charge on any atom is 0.192 e. The average molecular weight is 358 g/mol. The number of hydrogen-bond acceptors (Lipinski definition) is 3. The van der Waals surface area contributed by atoms with Gasteiger partial charge in [0.05, 0.1) is 12.1 Å². The van der Waals surface area contributed by atoms with Crippen LogP contribution in [0.1, 0.15) is 54.4 Å². The summed E-state index contributed by atoms with van der Waals surface area (Å²) in [5.74, 6) is 0. The fourth-order valence-corrected chi connectivity index (χ4v) is 5.92. The molecule has 0 spiro atoms. The molecule has 3 heterocycles. The van der Waals surface area contributed by atoms with Crippen molar-refractivity contribution in [3.8, 4) is 0 Å². The lowest BCUT2D eigenvalue weighted by Gasteiger charge is -2.37. The van der Waals surface area contributed by atoms with Gasteiger partial charge in [-0.25, -0.2) is 0 Å². The molecule has 0 radical (unpaired) electrons. The highest BCUT2D eigenvalue weighted by atomic mass is 32.1. The van der Waals surface area contributed by atoms with Gasteiger partial charge in [-0.15, -0.1) is 11.3 Å². The summed E-state index contributed by atoms with van der Waals surface area (Å²) in [7, 11) is -1.67. The van der Waals surface area contributed by atoms with Crippen LogP contribution in [0.3, 0.4) is 0 Å². The second kappa shape index (κ2) is 5.53. The van der Waals surface area contributed by atoms with Gasteiger partial charge in [-0.1, -0.05) is 45.0 Å². The lowest BCUT2D eigenvalue weighted by atomic mass is 9.91. The maximum atomic E-state index is 6.46. The molecular formula is C20H27NOSSi. The van der Waals surface area contributed by atoms with Crippen molar-refractivity contribution in [1.29, 1.82) is 0 Å². The number of thiophene rings is 1. The molecule has 4 heteroatoms. The van der Waals surface area contributed by atoms with E-state index in [9.17, 15) is 0 Å². The molecule has 0 N–H and O–H groups in total. The van der Waals surface area contributed by atoms with Crippen molar-refractivity contribution in [2.24, 2.45) is 0 Å². The Kier molecular flexibility index (Phi) is 3.81. The summed E-state index contributed by atoms with van der Waals surface area (Å²) in [6.07, 6.45) is 0. The molecule has 1 aromatic heterocycles. The monoisotopic (exact) mass is 357 g/mol. The minimum atomic E-state index is -1.67. The Hall–Kier alpha value is -0.943. The number of nitrogens with zero attached hydrogens (tertiary/aromatic N) is 1. The first-order chi connectivity index (χ1) is 11.3. The van der Waals surface area contributed by atoms with Crippen LogP contribution in [-0.4, -0.2) is 26.4 Å². The third-order valence-electron chi connectivity index (χ3n) is 6.14. The van der Waals surface area contributed by atoms with Gasteiger partial charge < -0.3 is 4.43 Å². The van der Waals surface area contributed by atoms with E-state index in [0.717, 1.165) is 13.2 Å². The molecule has 2 nitrogen and oxygen atoms in total. The molecule has 0 amide bonds. The van der Waals surface area contributed by atoms with Crippen LogP contribution in [0.15, 0.2) is 35.7 Å². The molecular weight excluding hydrogens is 330 g/mol. The Morgan fingerprint density at radius 2 is 1.71 bits per heavy atom. The van der Waals surface area contributed by atoms with E-state index in [1.54, 1.807) is 4.88 Å². The number of rotatable bonds is 4. The zero-order valence-electron chi connectivity index (χ0n) is 15.3. The first kappa shape index (κ1) is 16.5. The SMILES string of the molecule is CC(C)(C)[Si](C)(C)OCCN1C2c3ccccc3C1c1sccc12. The number of hydrogen-bond donors (Lipinski definition) is 0. The van der Waals surface area contributed by atoms with Crippen molar-refractivity contribution >= 4 is 19.7 Å². The Morgan fingerprint density at radius 3 is 2.38 bits per heavy atom. The van der Waals surface area contributed by atoms with Gasteiger partial charge in [-0.3, -0.25) is 4.90 Å². The second-order valence-electron chi connectivity index (χ2n) is 8.52. The molecule has 2 aliphatic heterocycles. The van der Waals surface area contributed by atoms with E-state index in [1.165, 1.54) is 16.7 Å². The van der Waals surface area contributed by atoms with Crippen LogP contribution >= 0.6 is 11.3 Å². The second-order valence-corrected chi connectivity index (χ2v) is 14.3. The van der Waals surface area contributed by atoms with E-state index in [0.29, 0.717) is 12.1 Å². The van der Waals surface area contributed by atoms with Crippen molar-refractivity contribution in [2.75, 3.05) is 13.2 Å². The largest absolute Gasteiger partial charge is 0.416 e. The van der Waals surface area contributed by atoms with Crippen LogP contribution in [0, 0.1) is 0 Å². The average Bonchev–Trinajstić information content (AvgIpc) is 3.14. The summed E-state index contributed by atoms with van der Waals surface area (Å²) < 4.78 is 6.46. The molecule has 1 aromatic carbocycles. The van der Waals surface area contributed by atoms with Gasteiger partial charge in [-0.05, 0) is 46.3 Å². The highest BCUT2D eigenvalue weighted by Gasteiger charge is 2.48. The topological polar surface area (TPSA) is 12.5 Å². The van der Waals surface area contributed by atoms with E-state index in [4.69, 9.17) is 4.43 Å². The Bertz CT molecular complexity index is 715. The molecule has 0 saturated carbocycles. The van der Waals surface area contributed by atoms with Crippen LogP contribution in [0.4, 0.5) is 0 Å². The summed E-state index contributed by atoms with van der Waals surface area (Å²) >= 11 is 1.91. The zero-order chi connectivity index (χ0) is 17.1. The summed E-state index contributed by atoms with van der Waals surface area (Å²) in [5.41, 5.74) is 4.53. The summed E-state index contributed by atoms with van der Waals surface area (Å²) in [4.78, 5) is 4.20. The first-order valence-corrected chi connectivity index (χ1v) is 12.7. The van der Waals surface area contributed by atoms with Crippen LogP contribution in [0.25, 0.3) is 0 Å². The van der Waals surface area contributed by atoms with E-state index in [2.05, 4.69) is 74.5 Å². The minimum absolute atomic E-state index is 0.276.